The summed E-state index contributed by atoms with van der Waals surface area (Å²) in [5.74, 6) is 1.80. The molecule has 2 heterocycles. The lowest BCUT2D eigenvalue weighted by Gasteiger charge is -2.19. The Bertz CT molecular complexity index is 2350. The van der Waals surface area contributed by atoms with Crippen molar-refractivity contribution in [2.75, 3.05) is 0 Å². The van der Waals surface area contributed by atoms with Crippen LogP contribution in [0.25, 0.3) is 73.5 Å². The van der Waals surface area contributed by atoms with Gasteiger partial charge in [0.1, 0.15) is 5.71 Å². The van der Waals surface area contributed by atoms with E-state index in [4.69, 9.17) is 25.3 Å². The van der Waals surface area contributed by atoms with Gasteiger partial charge in [-0.25, -0.2) is 24.3 Å². The minimum Gasteiger partial charge on any atom is -0.299 e. The van der Waals surface area contributed by atoms with E-state index in [-0.39, 0.29) is 0 Å². The van der Waals surface area contributed by atoms with Crippen molar-refractivity contribution in [2.24, 2.45) is 4.40 Å². The Balaban J connectivity index is 1.22. The largest absolute Gasteiger partial charge is 0.299 e. The van der Waals surface area contributed by atoms with E-state index < -0.39 is 0 Å². The molecule has 5 aromatic carbocycles. The number of para-hydroxylation sites is 1. The fourth-order valence-electron chi connectivity index (χ4n) is 5.92. The minimum atomic E-state index is 0.319. The second-order valence-corrected chi connectivity index (χ2v) is 11.4. The van der Waals surface area contributed by atoms with Crippen molar-refractivity contribution in [1.82, 2.24) is 19.9 Å². The summed E-state index contributed by atoms with van der Waals surface area (Å²) >= 11 is 4.21. The quantitative estimate of drug-likeness (QED) is 0.187. The van der Waals surface area contributed by atoms with Crippen LogP contribution in [0.5, 0.6) is 0 Å². The molecule has 1 aliphatic rings. The van der Waals surface area contributed by atoms with Gasteiger partial charge in [0.15, 0.2) is 17.5 Å². The number of hydrogen-bond acceptors (Lipinski definition) is 7. The van der Waals surface area contributed by atoms with Crippen LogP contribution in [0.3, 0.4) is 0 Å². The van der Waals surface area contributed by atoms with Gasteiger partial charge in [-0.1, -0.05) is 127 Å². The molecule has 2 aromatic heterocycles. The van der Waals surface area contributed by atoms with Crippen LogP contribution in [-0.2, 0) is 0 Å². The zero-order valence-corrected chi connectivity index (χ0v) is 25.9. The molecule has 8 rings (SSSR count). The Morgan fingerprint density at radius 2 is 0.936 bits per heavy atom. The van der Waals surface area contributed by atoms with Gasteiger partial charge in [0.25, 0.3) is 0 Å². The summed E-state index contributed by atoms with van der Waals surface area (Å²) < 4.78 is 4.18. The van der Waals surface area contributed by atoms with E-state index in [1.165, 1.54) is 0 Å². The Hall–Kier alpha value is -6.05. The van der Waals surface area contributed by atoms with E-state index >= 15 is 0 Å². The number of nitrogens with zero attached hydrogens (tertiary/aromatic N) is 5. The van der Waals surface area contributed by atoms with Crippen LogP contribution >= 0.6 is 12.8 Å². The first-order chi connectivity index (χ1) is 23.2. The summed E-state index contributed by atoms with van der Waals surface area (Å²) in [5.41, 5.74) is 10.2. The first kappa shape index (κ1) is 28.4. The van der Waals surface area contributed by atoms with Gasteiger partial charge >= 0.3 is 0 Å². The first-order valence-electron chi connectivity index (χ1n) is 15.2. The molecule has 0 saturated heterocycles. The van der Waals surface area contributed by atoms with E-state index in [0.29, 0.717) is 28.9 Å². The van der Waals surface area contributed by atoms with Crippen LogP contribution < -0.4 is 0 Å². The molecule has 7 heteroatoms. The number of fused-ring (bicyclic) bond motifs is 3. The summed E-state index contributed by atoms with van der Waals surface area (Å²) in [6.07, 6.45) is 3.69. The standard InChI is InChI=1S/C40H26N6S/c41-33-24-23-32-35(37(33)46-47)31-13-7-8-14-34(31)42-36(32)27-17-21-30(22-18-27)40-44-38(28-11-5-2-6-12-28)43-39(45-40)29-19-15-26(16-20-29)25-9-3-1-4-10-25/h1-24,41,47H/b41-33?,46-37+. The summed E-state index contributed by atoms with van der Waals surface area (Å²) in [4.78, 5) is 19.8. The molecule has 0 saturated carbocycles. The zero-order chi connectivity index (χ0) is 31.7. The summed E-state index contributed by atoms with van der Waals surface area (Å²) in [5, 5.41) is 9.39. The molecule has 0 atom stereocenters. The topological polar surface area (TPSA) is 87.8 Å². The molecular formula is C40H26N6S. The molecule has 6 nitrogen and oxygen atoms in total. The second-order valence-electron chi connectivity index (χ2n) is 11.2. The van der Waals surface area contributed by atoms with Crippen molar-refractivity contribution >= 4 is 41.2 Å². The van der Waals surface area contributed by atoms with Crippen LogP contribution in [0.4, 0.5) is 0 Å². The van der Waals surface area contributed by atoms with Gasteiger partial charge in [0.2, 0.25) is 0 Å². The molecule has 0 aliphatic heterocycles. The molecular weight excluding hydrogens is 597 g/mol. The highest BCUT2D eigenvalue weighted by Crippen LogP contribution is 2.35. The summed E-state index contributed by atoms with van der Waals surface area (Å²) in [6, 6.07) is 44.6. The smallest absolute Gasteiger partial charge is 0.164 e. The first-order valence-corrected chi connectivity index (χ1v) is 15.6. The number of benzene rings is 5. The number of rotatable bonds is 5. The molecule has 0 fully saturated rings. The molecule has 0 unspecified atom stereocenters. The van der Waals surface area contributed by atoms with Crippen molar-refractivity contribution in [3.63, 3.8) is 0 Å². The van der Waals surface area contributed by atoms with Gasteiger partial charge in [-0.15, -0.1) is 0 Å². The molecule has 0 radical (unpaired) electrons. The molecule has 1 N–H and O–H groups in total. The van der Waals surface area contributed by atoms with E-state index in [2.05, 4.69) is 53.6 Å². The molecule has 0 spiro atoms. The fourth-order valence-corrected chi connectivity index (χ4v) is 6.13. The molecule has 1 aliphatic carbocycles. The predicted octanol–water partition coefficient (Wildman–Crippen LogP) is 9.44. The Kier molecular flexibility index (Phi) is 7.28. The van der Waals surface area contributed by atoms with Crippen molar-refractivity contribution < 1.29 is 0 Å². The van der Waals surface area contributed by atoms with Gasteiger partial charge in [0, 0.05) is 38.8 Å². The molecule has 0 amide bonds. The minimum absolute atomic E-state index is 0.319. The normalized spacial score (nSPS) is 13.2. The lowest BCUT2D eigenvalue weighted by Crippen LogP contribution is -2.18. The van der Waals surface area contributed by atoms with E-state index in [1.807, 2.05) is 103 Å². The number of thiol groups is 1. The van der Waals surface area contributed by atoms with Gasteiger partial charge in [-0.3, -0.25) is 5.41 Å². The maximum absolute atomic E-state index is 8.45. The molecule has 47 heavy (non-hydrogen) atoms. The summed E-state index contributed by atoms with van der Waals surface area (Å²) in [7, 11) is 0. The van der Waals surface area contributed by atoms with Gasteiger partial charge < -0.3 is 0 Å². The Labute approximate surface area is 277 Å². The van der Waals surface area contributed by atoms with E-state index in [9.17, 15) is 0 Å². The number of nitrogens with one attached hydrogen (secondary N) is 1. The monoisotopic (exact) mass is 622 g/mol. The van der Waals surface area contributed by atoms with Gasteiger partial charge in [0.05, 0.1) is 16.9 Å². The van der Waals surface area contributed by atoms with Crippen LogP contribution in [0, 0.1) is 5.41 Å². The Morgan fingerprint density at radius 3 is 1.53 bits per heavy atom. The van der Waals surface area contributed by atoms with E-state index in [0.717, 1.165) is 61.1 Å². The average molecular weight is 623 g/mol. The number of allylic oxidation sites excluding steroid dienone is 1. The van der Waals surface area contributed by atoms with Crippen LogP contribution in [0.1, 0.15) is 11.1 Å². The fraction of sp³-hybridized carbons (Fsp3) is 0. The van der Waals surface area contributed by atoms with Crippen LogP contribution in [0.2, 0.25) is 0 Å². The third kappa shape index (κ3) is 5.32. The SMILES string of the molecule is N=C1C=Cc2c(-c3ccc(-c4nc(-c5ccccc5)nc(-c5ccc(-c6ccccc6)cc5)n4)cc3)nc3ccccc3c2/C1=N/S. The highest BCUT2D eigenvalue weighted by molar-refractivity contribution is 7.79. The Morgan fingerprint density at radius 1 is 0.468 bits per heavy atom. The van der Waals surface area contributed by atoms with Crippen molar-refractivity contribution in [1.29, 1.82) is 5.41 Å². The van der Waals surface area contributed by atoms with Gasteiger partial charge in [-0.2, -0.15) is 0 Å². The van der Waals surface area contributed by atoms with Crippen molar-refractivity contribution in [3.05, 3.63) is 151 Å². The average Bonchev–Trinajstić information content (AvgIpc) is 3.15. The zero-order valence-electron chi connectivity index (χ0n) is 25.0. The van der Waals surface area contributed by atoms with Crippen LogP contribution in [-0.4, -0.2) is 31.4 Å². The lowest BCUT2D eigenvalue weighted by atomic mass is 9.88. The number of hydrogen-bond donors (Lipinski definition) is 2. The lowest BCUT2D eigenvalue weighted by molar-refractivity contribution is 1.07. The third-order valence-corrected chi connectivity index (χ3v) is 8.47. The van der Waals surface area contributed by atoms with Crippen molar-refractivity contribution in [3.8, 4) is 56.5 Å². The third-order valence-electron chi connectivity index (χ3n) is 8.27. The second kappa shape index (κ2) is 12.0. The molecule has 0 bridgehead atoms. The maximum Gasteiger partial charge on any atom is 0.164 e. The number of aromatic nitrogens is 4. The summed E-state index contributed by atoms with van der Waals surface area (Å²) in [6.45, 7) is 0. The molecule has 7 aromatic rings. The maximum atomic E-state index is 8.45. The predicted molar refractivity (Wildman–Crippen MR) is 195 cm³/mol. The van der Waals surface area contributed by atoms with Crippen molar-refractivity contribution in [2.45, 2.75) is 0 Å². The highest BCUT2D eigenvalue weighted by atomic mass is 32.1. The van der Waals surface area contributed by atoms with Gasteiger partial charge in [-0.05, 0) is 42.2 Å². The van der Waals surface area contributed by atoms with E-state index in [1.54, 1.807) is 6.08 Å². The number of pyridine rings is 1. The molecule has 222 valence electrons. The van der Waals surface area contributed by atoms with Crippen LogP contribution in [0.15, 0.2) is 144 Å². The highest BCUT2D eigenvalue weighted by Gasteiger charge is 2.24.